The summed E-state index contributed by atoms with van der Waals surface area (Å²) in [5.74, 6) is 1.69. The second kappa shape index (κ2) is 5.11. The molecule has 0 aliphatic heterocycles. The zero-order valence-corrected chi connectivity index (χ0v) is 11.4. The van der Waals surface area contributed by atoms with Crippen molar-refractivity contribution in [1.29, 1.82) is 0 Å². The topological polar surface area (TPSA) is 29.9 Å². The number of imidazole rings is 1. The molecule has 0 spiro atoms. The van der Waals surface area contributed by atoms with Crippen LogP contribution < -0.4 is 5.32 Å². The number of anilines is 1. The normalized spacial score (nSPS) is 18.8. The van der Waals surface area contributed by atoms with E-state index in [2.05, 4.69) is 41.8 Å². The maximum atomic E-state index is 4.41. The van der Waals surface area contributed by atoms with Crippen molar-refractivity contribution in [2.24, 2.45) is 11.3 Å². The molecule has 1 aromatic heterocycles. The molecule has 1 heterocycles. The molecule has 96 valence electrons. The summed E-state index contributed by atoms with van der Waals surface area (Å²) in [7, 11) is 0. The molecule has 0 bridgehead atoms. The Bertz CT molecular complexity index is 348. The van der Waals surface area contributed by atoms with Crippen LogP contribution in [0, 0.1) is 11.3 Å². The van der Waals surface area contributed by atoms with Gasteiger partial charge in [-0.05, 0) is 24.2 Å². The van der Waals surface area contributed by atoms with E-state index in [0.717, 1.165) is 19.0 Å². The number of hydrogen-bond donors (Lipinski definition) is 1. The van der Waals surface area contributed by atoms with Crippen LogP contribution in [0.1, 0.15) is 46.5 Å². The van der Waals surface area contributed by atoms with Crippen LogP contribution in [0.3, 0.4) is 0 Å². The largest absolute Gasteiger partial charge is 0.355 e. The highest BCUT2D eigenvalue weighted by Crippen LogP contribution is 2.37. The molecule has 0 atom stereocenters. The molecule has 1 aliphatic rings. The maximum Gasteiger partial charge on any atom is 0.202 e. The van der Waals surface area contributed by atoms with E-state index < -0.39 is 0 Å². The third-order valence-electron chi connectivity index (χ3n) is 3.76. The first-order valence-corrected chi connectivity index (χ1v) is 6.84. The van der Waals surface area contributed by atoms with Gasteiger partial charge >= 0.3 is 0 Å². The third kappa shape index (κ3) is 3.24. The minimum atomic E-state index is 0.481. The van der Waals surface area contributed by atoms with E-state index >= 15 is 0 Å². The summed E-state index contributed by atoms with van der Waals surface area (Å²) < 4.78 is 2.23. The lowest BCUT2D eigenvalue weighted by Crippen LogP contribution is -2.24. The number of rotatable bonds is 5. The first-order chi connectivity index (χ1) is 8.09. The molecule has 0 amide bonds. The van der Waals surface area contributed by atoms with Crippen molar-refractivity contribution in [2.75, 3.05) is 11.9 Å². The van der Waals surface area contributed by atoms with Gasteiger partial charge in [0.2, 0.25) is 5.95 Å². The highest BCUT2D eigenvalue weighted by atomic mass is 15.2. The standard InChI is InChI=1S/C14H25N3/c1-12(2)10-17-9-8-15-13(17)16-11-14(3)6-4-5-7-14/h8-9,12H,4-7,10-11H2,1-3H3,(H,15,16). The predicted octanol–water partition coefficient (Wildman–Crippen LogP) is 3.53. The lowest BCUT2D eigenvalue weighted by atomic mass is 9.89. The summed E-state index contributed by atoms with van der Waals surface area (Å²) in [5, 5.41) is 3.53. The lowest BCUT2D eigenvalue weighted by molar-refractivity contribution is 0.360. The molecule has 0 saturated heterocycles. The van der Waals surface area contributed by atoms with Crippen LogP contribution in [0.2, 0.25) is 0 Å². The Morgan fingerprint density at radius 1 is 1.41 bits per heavy atom. The van der Waals surface area contributed by atoms with Crippen LogP contribution in [0.15, 0.2) is 12.4 Å². The van der Waals surface area contributed by atoms with Gasteiger partial charge in [0.25, 0.3) is 0 Å². The van der Waals surface area contributed by atoms with E-state index in [4.69, 9.17) is 0 Å². The van der Waals surface area contributed by atoms with Gasteiger partial charge in [-0.1, -0.05) is 33.6 Å². The van der Waals surface area contributed by atoms with E-state index in [1.165, 1.54) is 25.7 Å². The maximum absolute atomic E-state index is 4.41. The zero-order valence-electron chi connectivity index (χ0n) is 11.4. The molecule has 17 heavy (non-hydrogen) atoms. The highest BCUT2D eigenvalue weighted by Gasteiger charge is 2.28. The van der Waals surface area contributed by atoms with Crippen molar-refractivity contribution >= 4 is 5.95 Å². The molecule has 3 nitrogen and oxygen atoms in total. The second-order valence-electron chi connectivity index (χ2n) is 6.17. The van der Waals surface area contributed by atoms with Crippen molar-refractivity contribution < 1.29 is 0 Å². The summed E-state index contributed by atoms with van der Waals surface area (Å²) in [6.07, 6.45) is 9.44. The Hall–Kier alpha value is -0.990. The zero-order chi connectivity index (χ0) is 12.3. The van der Waals surface area contributed by atoms with Gasteiger partial charge in [-0.3, -0.25) is 0 Å². The summed E-state index contributed by atoms with van der Waals surface area (Å²) in [4.78, 5) is 4.41. The second-order valence-corrected chi connectivity index (χ2v) is 6.17. The van der Waals surface area contributed by atoms with Crippen molar-refractivity contribution in [3.63, 3.8) is 0 Å². The van der Waals surface area contributed by atoms with Crippen LogP contribution in [0.5, 0.6) is 0 Å². The molecular formula is C14H25N3. The van der Waals surface area contributed by atoms with E-state index in [1.807, 2.05) is 6.20 Å². The first kappa shape index (κ1) is 12.5. The lowest BCUT2D eigenvalue weighted by Gasteiger charge is -2.24. The number of aromatic nitrogens is 2. The van der Waals surface area contributed by atoms with E-state index in [9.17, 15) is 0 Å². The summed E-state index contributed by atoms with van der Waals surface area (Å²) >= 11 is 0. The highest BCUT2D eigenvalue weighted by molar-refractivity contribution is 5.26. The fourth-order valence-corrected chi connectivity index (χ4v) is 2.71. The third-order valence-corrected chi connectivity index (χ3v) is 3.76. The summed E-state index contributed by atoms with van der Waals surface area (Å²) in [5.41, 5.74) is 0.481. The van der Waals surface area contributed by atoms with Gasteiger partial charge in [0.05, 0.1) is 0 Å². The first-order valence-electron chi connectivity index (χ1n) is 6.84. The van der Waals surface area contributed by atoms with Crippen LogP contribution >= 0.6 is 0 Å². The fraction of sp³-hybridized carbons (Fsp3) is 0.786. The molecular weight excluding hydrogens is 210 g/mol. The Kier molecular flexibility index (Phi) is 3.75. The van der Waals surface area contributed by atoms with Gasteiger partial charge in [-0.25, -0.2) is 4.98 Å². The average molecular weight is 235 g/mol. The summed E-state index contributed by atoms with van der Waals surface area (Å²) in [6, 6.07) is 0. The molecule has 1 N–H and O–H groups in total. The van der Waals surface area contributed by atoms with Crippen LogP contribution in [0.4, 0.5) is 5.95 Å². The number of nitrogens with zero attached hydrogens (tertiary/aromatic N) is 2. The predicted molar refractivity (Wildman–Crippen MR) is 72.1 cm³/mol. The Labute approximate surface area is 105 Å². The van der Waals surface area contributed by atoms with E-state index in [0.29, 0.717) is 11.3 Å². The van der Waals surface area contributed by atoms with Gasteiger partial charge < -0.3 is 9.88 Å². The smallest absolute Gasteiger partial charge is 0.202 e. The van der Waals surface area contributed by atoms with Crippen LogP contribution in [0.25, 0.3) is 0 Å². The van der Waals surface area contributed by atoms with Gasteiger partial charge in [0.1, 0.15) is 0 Å². The minimum Gasteiger partial charge on any atom is -0.355 e. The number of nitrogens with one attached hydrogen (secondary N) is 1. The molecule has 2 rings (SSSR count). The minimum absolute atomic E-state index is 0.481. The monoisotopic (exact) mass is 235 g/mol. The Morgan fingerprint density at radius 2 is 2.12 bits per heavy atom. The fourth-order valence-electron chi connectivity index (χ4n) is 2.71. The van der Waals surface area contributed by atoms with E-state index in [-0.39, 0.29) is 0 Å². The number of hydrogen-bond acceptors (Lipinski definition) is 2. The quantitative estimate of drug-likeness (QED) is 0.846. The van der Waals surface area contributed by atoms with Crippen LogP contribution in [-0.4, -0.2) is 16.1 Å². The molecule has 1 aromatic rings. The molecule has 1 aliphatic carbocycles. The Morgan fingerprint density at radius 3 is 2.76 bits per heavy atom. The molecule has 0 unspecified atom stereocenters. The van der Waals surface area contributed by atoms with Crippen molar-refractivity contribution in [3.05, 3.63) is 12.4 Å². The van der Waals surface area contributed by atoms with Gasteiger partial charge in [-0.15, -0.1) is 0 Å². The van der Waals surface area contributed by atoms with Gasteiger partial charge in [-0.2, -0.15) is 0 Å². The molecule has 3 heteroatoms. The van der Waals surface area contributed by atoms with Crippen molar-refractivity contribution in [2.45, 2.75) is 53.0 Å². The van der Waals surface area contributed by atoms with E-state index in [1.54, 1.807) is 0 Å². The molecule has 1 fully saturated rings. The SMILES string of the molecule is CC(C)Cn1ccnc1NCC1(C)CCCC1. The van der Waals surface area contributed by atoms with Gasteiger partial charge in [0.15, 0.2) is 0 Å². The van der Waals surface area contributed by atoms with Crippen molar-refractivity contribution in [3.8, 4) is 0 Å². The molecule has 1 saturated carbocycles. The average Bonchev–Trinajstić information content (AvgIpc) is 2.85. The Balaban J connectivity index is 1.92. The van der Waals surface area contributed by atoms with Crippen molar-refractivity contribution in [1.82, 2.24) is 9.55 Å². The molecule has 0 radical (unpaired) electrons. The summed E-state index contributed by atoms with van der Waals surface area (Å²) in [6.45, 7) is 8.97. The van der Waals surface area contributed by atoms with Gasteiger partial charge in [0, 0.05) is 25.5 Å². The molecule has 0 aromatic carbocycles. The van der Waals surface area contributed by atoms with Crippen LogP contribution in [-0.2, 0) is 6.54 Å².